The second-order valence-corrected chi connectivity index (χ2v) is 4.64. The zero-order valence-corrected chi connectivity index (χ0v) is 11.2. The molecule has 0 aromatic carbocycles. The Morgan fingerprint density at radius 1 is 1.12 bits per heavy atom. The number of unbranched alkanes of at least 4 members (excludes halogenated alkanes) is 2. The summed E-state index contributed by atoms with van der Waals surface area (Å²) in [6, 6.07) is 0.198. The van der Waals surface area contributed by atoms with Crippen LogP contribution >= 0.6 is 0 Å². The van der Waals surface area contributed by atoms with Crippen molar-refractivity contribution in [2.45, 2.75) is 65.3 Å². The topological polar surface area (TPSA) is 57.6 Å². The molecule has 0 radical (unpaired) electrons. The van der Waals surface area contributed by atoms with Crippen molar-refractivity contribution in [2.24, 2.45) is 0 Å². The fourth-order valence-corrected chi connectivity index (χ4v) is 1.74. The minimum atomic E-state index is -0.833. The van der Waals surface area contributed by atoms with Gasteiger partial charge in [0.05, 0.1) is 0 Å². The molecule has 1 N–H and O–H groups in total. The van der Waals surface area contributed by atoms with Crippen LogP contribution < -0.4 is 0 Å². The maximum atomic E-state index is 11.9. The van der Waals surface area contributed by atoms with Crippen LogP contribution in [0.1, 0.15) is 59.3 Å². The van der Waals surface area contributed by atoms with Gasteiger partial charge in [-0.05, 0) is 26.7 Å². The summed E-state index contributed by atoms with van der Waals surface area (Å²) >= 11 is 0. The third-order valence-electron chi connectivity index (χ3n) is 2.73. The van der Waals surface area contributed by atoms with E-state index < -0.39 is 5.97 Å². The van der Waals surface area contributed by atoms with Crippen LogP contribution in [0.5, 0.6) is 0 Å². The van der Waals surface area contributed by atoms with E-state index in [1.807, 2.05) is 18.7 Å². The number of carbonyl (C=O) groups excluding carboxylic acids is 1. The van der Waals surface area contributed by atoms with E-state index in [4.69, 9.17) is 5.11 Å². The van der Waals surface area contributed by atoms with E-state index in [1.54, 1.807) is 0 Å². The zero-order chi connectivity index (χ0) is 13.3. The van der Waals surface area contributed by atoms with Crippen molar-refractivity contribution in [1.82, 2.24) is 4.90 Å². The highest BCUT2D eigenvalue weighted by atomic mass is 16.4. The molecule has 4 nitrogen and oxygen atoms in total. The molecule has 0 aliphatic carbocycles. The molecule has 0 fully saturated rings. The first-order chi connectivity index (χ1) is 7.99. The summed E-state index contributed by atoms with van der Waals surface area (Å²) in [4.78, 5) is 24.1. The van der Waals surface area contributed by atoms with E-state index >= 15 is 0 Å². The molecule has 0 aromatic heterocycles. The summed E-state index contributed by atoms with van der Waals surface area (Å²) in [7, 11) is 0. The normalized spacial score (nSPS) is 10.6. The predicted octanol–water partition coefficient (Wildman–Crippen LogP) is 2.67. The highest BCUT2D eigenvalue weighted by molar-refractivity contribution is 5.77. The van der Waals surface area contributed by atoms with Gasteiger partial charge in [0.25, 0.3) is 0 Å². The van der Waals surface area contributed by atoms with E-state index in [0.717, 1.165) is 25.8 Å². The van der Waals surface area contributed by atoms with Crippen molar-refractivity contribution in [2.75, 3.05) is 6.54 Å². The molecule has 0 spiro atoms. The summed E-state index contributed by atoms with van der Waals surface area (Å²) in [6.07, 6.45) is 4.15. The Morgan fingerprint density at radius 3 is 2.24 bits per heavy atom. The van der Waals surface area contributed by atoms with E-state index in [0.29, 0.717) is 12.8 Å². The van der Waals surface area contributed by atoms with Gasteiger partial charge in [0.2, 0.25) is 5.91 Å². The highest BCUT2D eigenvalue weighted by Gasteiger charge is 2.16. The van der Waals surface area contributed by atoms with E-state index in [2.05, 4.69) is 6.92 Å². The van der Waals surface area contributed by atoms with Crippen LogP contribution in [0.3, 0.4) is 0 Å². The monoisotopic (exact) mass is 243 g/mol. The number of carbonyl (C=O) groups is 2. The maximum absolute atomic E-state index is 11.9. The molecule has 0 unspecified atom stereocenters. The van der Waals surface area contributed by atoms with Gasteiger partial charge in [-0.1, -0.05) is 19.8 Å². The minimum absolute atomic E-state index is 0.0760. The van der Waals surface area contributed by atoms with Crippen molar-refractivity contribution >= 4 is 11.9 Å². The molecule has 100 valence electrons. The third-order valence-corrected chi connectivity index (χ3v) is 2.73. The van der Waals surface area contributed by atoms with Gasteiger partial charge in [0.15, 0.2) is 0 Å². The number of amides is 1. The predicted molar refractivity (Wildman–Crippen MR) is 67.9 cm³/mol. The van der Waals surface area contributed by atoms with Crippen LogP contribution in [0.25, 0.3) is 0 Å². The number of carboxylic acids is 1. The molecule has 0 saturated carbocycles. The standard InChI is InChI=1S/C13H25NO3/c1-4-5-6-10-14(11(2)3)12(15)8-7-9-13(16)17/h11H,4-10H2,1-3H3,(H,16,17). The van der Waals surface area contributed by atoms with Gasteiger partial charge in [-0.25, -0.2) is 0 Å². The van der Waals surface area contributed by atoms with Crippen molar-refractivity contribution in [3.8, 4) is 0 Å². The van der Waals surface area contributed by atoms with Gasteiger partial charge in [-0.15, -0.1) is 0 Å². The summed E-state index contributed by atoms with van der Waals surface area (Å²) in [5.41, 5.74) is 0. The van der Waals surface area contributed by atoms with Crippen LogP contribution in [0, 0.1) is 0 Å². The Labute approximate surface area is 104 Å². The van der Waals surface area contributed by atoms with Crippen LogP contribution in [0.4, 0.5) is 0 Å². The van der Waals surface area contributed by atoms with Gasteiger partial charge < -0.3 is 10.0 Å². The highest BCUT2D eigenvalue weighted by Crippen LogP contribution is 2.08. The molecule has 0 aliphatic rings. The molecular weight excluding hydrogens is 218 g/mol. The number of nitrogens with zero attached hydrogens (tertiary/aromatic N) is 1. The number of carboxylic acid groups (broad SMARTS) is 1. The van der Waals surface area contributed by atoms with Crippen LogP contribution in [-0.2, 0) is 9.59 Å². The average Bonchev–Trinajstić information content (AvgIpc) is 2.23. The number of hydrogen-bond acceptors (Lipinski definition) is 2. The first-order valence-corrected chi connectivity index (χ1v) is 6.50. The third kappa shape index (κ3) is 7.77. The smallest absolute Gasteiger partial charge is 0.303 e. The van der Waals surface area contributed by atoms with Crippen molar-refractivity contribution in [1.29, 1.82) is 0 Å². The molecule has 0 rings (SSSR count). The number of aliphatic carboxylic acids is 1. The molecule has 0 heterocycles. The van der Waals surface area contributed by atoms with Gasteiger partial charge in [-0.2, -0.15) is 0 Å². The van der Waals surface area contributed by atoms with Gasteiger partial charge in [0, 0.05) is 25.4 Å². The van der Waals surface area contributed by atoms with Crippen LogP contribution in [-0.4, -0.2) is 34.5 Å². The Bertz CT molecular complexity index is 239. The summed E-state index contributed by atoms with van der Waals surface area (Å²) in [5, 5.41) is 8.52. The first-order valence-electron chi connectivity index (χ1n) is 6.50. The Morgan fingerprint density at radius 2 is 1.76 bits per heavy atom. The van der Waals surface area contributed by atoms with Gasteiger partial charge in [-0.3, -0.25) is 9.59 Å². The van der Waals surface area contributed by atoms with Crippen molar-refractivity contribution < 1.29 is 14.7 Å². The molecule has 4 heteroatoms. The molecule has 1 amide bonds. The second-order valence-electron chi connectivity index (χ2n) is 4.64. The maximum Gasteiger partial charge on any atom is 0.303 e. The minimum Gasteiger partial charge on any atom is -0.481 e. The molecule has 17 heavy (non-hydrogen) atoms. The van der Waals surface area contributed by atoms with Gasteiger partial charge >= 0.3 is 5.97 Å². The molecule has 0 aromatic rings. The molecule has 0 saturated heterocycles. The lowest BCUT2D eigenvalue weighted by Gasteiger charge is -2.26. The Balaban J connectivity index is 4.01. The molecular formula is C13H25NO3. The molecule has 0 bridgehead atoms. The number of hydrogen-bond donors (Lipinski definition) is 1. The van der Waals surface area contributed by atoms with Crippen molar-refractivity contribution in [3.05, 3.63) is 0 Å². The molecule has 0 aliphatic heterocycles. The fraction of sp³-hybridized carbons (Fsp3) is 0.846. The first kappa shape index (κ1) is 15.9. The van der Waals surface area contributed by atoms with Crippen LogP contribution in [0.15, 0.2) is 0 Å². The zero-order valence-electron chi connectivity index (χ0n) is 11.2. The van der Waals surface area contributed by atoms with Crippen molar-refractivity contribution in [3.63, 3.8) is 0 Å². The lowest BCUT2D eigenvalue weighted by Crippen LogP contribution is -2.37. The van der Waals surface area contributed by atoms with E-state index in [1.165, 1.54) is 0 Å². The second kappa shape index (κ2) is 9.02. The number of rotatable bonds is 9. The quantitative estimate of drug-likeness (QED) is 0.633. The average molecular weight is 243 g/mol. The summed E-state index contributed by atoms with van der Waals surface area (Å²) < 4.78 is 0. The van der Waals surface area contributed by atoms with E-state index in [-0.39, 0.29) is 18.4 Å². The van der Waals surface area contributed by atoms with E-state index in [9.17, 15) is 9.59 Å². The van der Waals surface area contributed by atoms with Crippen LogP contribution in [0.2, 0.25) is 0 Å². The lowest BCUT2D eigenvalue weighted by atomic mass is 10.1. The lowest BCUT2D eigenvalue weighted by molar-refractivity contribution is -0.137. The Kier molecular flexibility index (Phi) is 8.46. The largest absolute Gasteiger partial charge is 0.481 e. The summed E-state index contributed by atoms with van der Waals surface area (Å²) in [5.74, 6) is -0.753. The Hall–Kier alpha value is -1.06. The molecule has 0 atom stereocenters. The SMILES string of the molecule is CCCCCN(C(=O)CCCC(=O)O)C(C)C. The fourth-order valence-electron chi connectivity index (χ4n) is 1.74. The summed E-state index contributed by atoms with van der Waals surface area (Å²) in [6.45, 7) is 6.92. The van der Waals surface area contributed by atoms with Gasteiger partial charge in [0.1, 0.15) is 0 Å².